The van der Waals surface area contributed by atoms with Gasteiger partial charge in [0.1, 0.15) is 5.15 Å². The summed E-state index contributed by atoms with van der Waals surface area (Å²) in [6.45, 7) is 4.10. The highest BCUT2D eigenvalue weighted by atomic mass is 35.5. The van der Waals surface area contributed by atoms with Crippen LogP contribution in [0.2, 0.25) is 5.15 Å². The van der Waals surface area contributed by atoms with Crippen LogP contribution in [0.4, 0.5) is 5.69 Å². The van der Waals surface area contributed by atoms with Crippen LogP contribution in [-0.2, 0) is 11.3 Å². The number of carbonyl (C=O) groups is 1. The van der Waals surface area contributed by atoms with Crippen LogP contribution >= 0.6 is 11.6 Å². The fourth-order valence-corrected chi connectivity index (χ4v) is 2.69. The average Bonchev–Trinajstić information content (AvgIpc) is 2.42. The van der Waals surface area contributed by atoms with Crippen molar-refractivity contribution in [3.63, 3.8) is 0 Å². The molecule has 1 aromatic heterocycles. The molecular weight excluding hydrogens is 284 g/mol. The van der Waals surface area contributed by atoms with E-state index in [1.165, 1.54) is 0 Å². The number of fused-ring (bicyclic) bond motifs is 2. The van der Waals surface area contributed by atoms with Gasteiger partial charge in [-0.25, -0.2) is 4.98 Å². The van der Waals surface area contributed by atoms with Gasteiger partial charge >= 0.3 is 0 Å². The van der Waals surface area contributed by atoms with Crippen LogP contribution in [-0.4, -0.2) is 10.9 Å². The molecule has 1 aliphatic rings. The lowest BCUT2D eigenvalue weighted by Gasteiger charge is -2.26. The second-order valence-corrected chi connectivity index (χ2v) is 5.59. The van der Waals surface area contributed by atoms with Gasteiger partial charge in [-0.2, -0.15) is 0 Å². The molecule has 106 valence electrons. The van der Waals surface area contributed by atoms with Crippen LogP contribution < -0.4 is 4.90 Å². The van der Waals surface area contributed by atoms with Crippen LogP contribution in [0.15, 0.2) is 30.5 Å². The van der Waals surface area contributed by atoms with Gasteiger partial charge in [-0.1, -0.05) is 35.9 Å². The smallest absolute Gasteiger partial charge is 0.224 e. The summed E-state index contributed by atoms with van der Waals surface area (Å²) in [5, 5.41) is 0.440. The highest BCUT2D eigenvalue weighted by Gasteiger charge is 2.18. The number of benzene rings is 1. The number of anilines is 1. The van der Waals surface area contributed by atoms with Gasteiger partial charge in [0.05, 0.1) is 12.2 Å². The molecule has 3 nitrogen and oxygen atoms in total. The zero-order valence-electron chi connectivity index (χ0n) is 11.9. The lowest BCUT2D eigenvalue weighted by molar-refractivity contribution is -0.116. The Morgan fingerprint density at radius 1 is 1.24 bits per heavy atom. The van der Waals surface area contributed by atoms with Crippen molar-refractivity contribution in [1.82, 2.24) is 4.98 Å². The molecule has 1 aliphatic heterocycles. The number of nitrogens with zero attached hydrogens (tertiary/aromatic N) is 2. The van der Waals surface area contributed by atoms with Gasteiger partial charge in [0, 0.05) is 13.1 Å². The monoisotopic (exact) mass is 298 g/mol. The third-order valence-electron chi connectivity index (χ3n) is 3.62. The Bertz CT molecular complexity index is 752. The van der Waals surface area contributed by atoms with E-state index in [1.807, 2.05) is 43.3 Å². The SMILES string of the molecule is CC(=O)N1Cc2cc(Cl)ncc2/C=C\c2ccc(C)cc21. The van der Waals surface area contributed by atoms with Crippen LogP contribution in [0.25, 0.3) is 12.2 Å². The number of hydrogen-bond donors (Lipinski definition) is 0. The summed E-state index contributed by atoms with van der Waals surface area (Å²) in [6, 6.07) is 7.93. The average molecular weight is 299 g/mol. The Morgan fingerprint density at radius 3 is 2.76 bits per heavy atom. The quantitative estimate of drug-likeness (QED) is 0.687. The van der Waals surface area contributed by atoms with Gasteiger partial charge in [-0.15, -0.1) is 0 Å². The van der Waals surface area contributed by atoms with Crippen molar-refractivity contribution in [2.24, 2.45) is 0 Å². The van der Waals surface area contributed by atoms with Crippen LogP contribution in [0.3, 0.4) is 0 Å². The van der Waals surface area contributed by atoms with E-state index >= 15 is 0 Å². The summed E-state index contributed by atoms with van der Waals surface area (Å²) in [5.41, 5.74) is 5.06. The standard InChI is InChI=1S/C17H15ClN2O/c1-11-3-4-13-5-6-14-9-19-17(18)8-15(14)10-20(12(2)21)16(13)7-11/h3-9H,10H2,1-2H3/b6-5-. The maximum atomic E-state index is 12.1. The molecule has 3 rings (SSSR count). The molecule has 21 heavy (non-hydrogen) atoms. The first-order valence-electron chi connectivity index (χ1n) is 6.76. The number of rotatable bonds is 0. The molecule has 0 radical (unpaired) electrons. The number of halogens is 1. The molecule has 0 N–H and O–H groups in total. The van der Waals surface area contributed by atoms with E-state index in [-0.39, 0.29) is 5.91 Å². The number of carbonyl (C=O) groups excluding carboxylic acids is 1. The molecule has 0 spiro atoms. The fraction of sp³-hybridized carbons (Fsp3) is 0.176. The topological polar surface area (TPSA) is 33.2 Å². The molecule has 0 saturated carbocycles. The number of amides is 1. The van der Waals surface area contributed by atoms with Gasteiger partial charge in [0.15, 0.2) is 0 Å². The minimum Gasteiger partial charge on any atom is -0.308 e. The molecular formula is C17H15ClN2O. The van der Waals surface area contributed by atoms with Gasteiger partial charge in [-0.3, -0.25) is 4.79 Å². The second-order valence-electron chi connectivity index (χ2n) is 5.21. The zero-order chi connectivity index (χ0) is 15.0. The molecule has 2 heterocycles. The highest BCUT2D eigenvalue weighted by molar-refractivity contribution is 6.29. The van der Waals surface area contributed by atoms with Crippen molar-refractivity contribution in [2.75, 3.05) is 4.90 Å². The van der Waals surface area contributed by atoms with E-state index in [0.717, 1.165) is 27.9 Å². The molecule has 0 unspecified atom stereocenters. The molecule has 2 aromatic rings. The lowest BCUT2D eigenvalue weighted by Crippen LogP contribution is -2.29. The Morgan fingerprint density at radius 2 is 2.00 bits per heavy atom. The predicted octanol–water partition coefficient (Wildman–Crippen LogP) is 4.08. The molecule has 0 aliphatic carbocycles. The van der Waals surface area contributed by atoms with Crippen molar-refractivity contribution in [3.8, 4) is 0 Å². The largest absolute Gasteiger partial charge is 0.308 e. The molecule has 1 aromatic carbocycles. The van der Waals surface area contributed by atoms with Crippen molar-refractivity contribution in [2.45, 2.75) is 20.4 Å². The molecule has 1 amide bonds. The summed E-state index contributed by atoms with van der Waals surface area (Å²) in [5.74, 6) is 0.0102. The van der Waals surface area contributed by atoms with Crippen molar-refractivity contribution in [1.29, 1.82) is 0 Å². The normalized spacial score (nSPS) is 14.7. The van der Waals surface area contributed by atoms with Gasteiger partial charge in [0.25, 0.3) is 0 Å². The zero-order valence-corrected chi connectivity index (χ0v) is 12.7. The Balaban J connectivity index is 2.21. The van der Waals surface area contributed by atoms with E-state index in [0.29, 0.717) is 11.7 Å². The third-order valence-corrected chi connectivity index (χ3v) is 3.83. The Labute approximate surface area is 128 Å². The summed E-state index contributed by atoms with van der Waals surface area (Å²) < 4.78 is 0. The van der Waals surface area contributed by atoms with Gasteiger partial charge < -0.3 is 4.90 Å². The number of pyridine rings is 1. The van der Waals surface area contributed by atoms with Gasteiger partial charge in [-0.05, 0) is 41.3 Å². The minimum absolute atomic E-state index is 0.0102. The first-order chi connectivity index (χ1) is 10.0. The number of hydrogen-bond acceptors (Lipinski definition) is 2. The molecule has 0 atom stereocenters. The van der Waals surface area contributed by atoms with E-state index < -0.39 is 0 Å². The van der Waals surface area contributed by atoms with Crippen LogP contribution in [0, 0.1) is 6.92 Å². The number of aromatic nitrogens is 1. The van der Waals surface area contributed by atoms with E-state index in [2.05, 4.69) is 4.98 Å². The van der Waals surface area contributed by atoms with Crippen molar-refractivity contribution >= 4 is 35.3 Å². The minimum atomic E-state index is 0.0102. The van der Waals surface area contributed by atoms with E-state index in [9.17, 15) is 4.79 Å². The first kappa shape index (κ1) is 13.8. The maximum absolute atomic E-state index is 12.1. The fourth-order valence-electron chi connectivity index (χ4n) is 2.51. The van der Waals surface area contributed by atoms with Gasteiger partial charge in [0.2, 0.25) is 5.91 Å². The Kier molecular flexibility index (Phi) is 3.52. The summed E-state index contributed by atoms with van der Waals surface area (Å²) in [6.07, 6.45) is 5.77. The van der Waals surface area contributed by atoms with Crippen molar-refractivity contribution in [3.05, 3.63) is 57.9 Å². The third kappa shape index (κ3) is 2.69. The lowest BCUT2D eigenvalue weighted by atomic mass is 10.0. The maximum Gasteiger partial charge on any atom is 0.224 e. The Hall–Kier alpha value is -2.13. The van der Waals surface area contributed by atoms with Crippen LogP contribution in [0.1, 0.15) is 29.2 Å². The molecule has 0 saturated heterocycles. The summed E-state index contributed by atoms with van der Waals surface area (Å²) in [4.78, 5) is 18.0. The second kappa shape index (κ2) is 5.34. The summed E-state index contributed by atoms with van der Waals surface area (Å²) >= 11 is 5.98. The van der Waals surface area contributed by atoms with Crippen LogP contribution in [0.5, 0.6) is 0 Å². The molecule has 0 fully saturated rings. The highest BCUT2D eigenvalue weighted by Crippen LogP contribution is 2.30. The number of aryl methyl sites for hydroxylation is 1. The van der Waals surface area contributed by atoms with E-state index in [1.54, 1.807) is 18.0 Å². The first-order valence-corrected chi connectivity index (χ1v) is 7.13. The predicted molar refractivity (Wildman–Crippen MR) is 86.2 cm³/mol. The molecule has 0 bridgehead atoms. The summed E-state index contributed by atoms with van der Waals surface area (Å²) in [7, 11) is 0. The van der Waals surface area contributed by atoms with Crippen molar-refractivity contribution < 1.29 is 4.79 Å². The molecule has 4 heteroatoms. The van der Waals surface area contributed by atoms with E-state index in [4.69, 9.17) is 11.6 Å².